The third-order valence-electron chi connectivity index (χ3n) is 9.85. The van der Waals surface area contributed by atoms with Gasteiger partial charge in [0.2, 0.25) is 0 Å². The summed E-state index contributed by atoms with van der Waals surface area (Å²) >= 11 is 3.74. The minimum atomic E-state index is 1.13. The maximum atomic E-state index is 2.45. The molecule has 2 aromatic heterocycles. The molecule has 0 saturated carbocycles. The van der Waals surface area contributed by atoms with Crippen molar-refractivity contribution in [3.8, 4) is 11.1 Å². The minimum absolute atomic E-state index is 1.13. The minimum Gasteiger partial charge on any atom is -0.309 e. The molecule has 0 unspecified atom stereocenters. The fourth-order valence-electron chi connectivity index (χ4n) is 7.44. The van der Waals surface area contributed by atoms with Gasteiger partial charge in [0.15, 0.2) is 0 Å². The Balaban J connectivity index is 1.19. The second kappa shape index (κ2) is 12.8. The standard InChI is InChI=1S/C48H32N2S2/c1-4-14-33(15-5-1)34-26-28-37(29-27-34)50(38-30-31-40-39-20-10-11-25-45(39)51-46(40)32-38)44-24-13-22-42-41-21-12-23-43(47(41)52-48(42)44)49(35-16-6-2-7-17-35)36-18-8-3-9-19-36/h1-32H. The Morgan fingerprint density at radius 1 is 0.288 bits per heavy atom. The average molecular weight is 701 g/mol. The van der Waals surface area contributed by atoms with Gasteiger partial charge in [-0.1, -0.05) is 127 Å². The summed E-state index contributed by atoms with van der Waals surface area (Å²) in [7, 11) is 0. The van der Waals surface area contributed by atoms with Crippen molar-refractivity contribution in [2.24, 2.45) is 0 Å². The molecule has 10 aromatic rings. The first-order valence-corrected chi connectivity index (χ1v) is 19.1. The van der Waals surface area contributed by atoms with Crippen molar-refractivity contribution in [3.05, 3.63) is 194 Å². The van der Waals surface area contributed by atoms with Gasteiger partial charge < -0.3 is 9.80 Å². The van der Waals surface area contributed by atoms with Gasteiger partial charge in [0.05, 0.1) is 20.8 Å². The quantitative estimate of drug-likeness (QED) is 0.163. The van der Waals surface area contributed by atoms with Crippen LogP contribution in [0.25, 0.3) is 51.5 Å². The van der Waals surface area contributed by atoms with Crippen molar-refractivity contribution in [2.45, 2.75) is 0 Å². The number of rotatable bonds is 7. The van der Waals surface area contributed by atoms with Crippen LogP contribution < -0.4 is 9.80 Å². The van der Waals surface area contributed by atoms with Crippen molar-refractivity contribution < 1.29 is 0 Å². The van der Waals surface area contributed by atoms with Gasteiger partial charge in [0, 0.05) is 53.7 Å². The lowest BCUT2D eigenvalue weighted by atomic mass is 10.0. The van der Waals surface area contributed by atoms with Crippen LogP contribution in [0, 0.1) is 0 Å². The second-order valence-corrected chi connectivity index (χ2v) is 15.0. The molecule has 10 rings (SSSR count). The van der Waals surface area contributed by atoms with E-state index in [1.165, 1.54) is 62.8 Å². The predicted molar refractivity (Wildman–Crippen MR) is 227 cm³/mol. The maximum absolute atomic E-state index is 2.45. The zero-order chi connectivity index (χ0) is 34.4. The van der Waals surface area contributed by atoms with Crippen LogP contribution >= 0.6 is 22.7 Å². The summed E-state index contributed by atoms with van der Waals surface area (Å²) in [5, 5.41) is 5.13. The van der Waals surface area contributed by atoms with E-state index < -0.39 is 0 Å². The summed E-state index contributed by atoms with van der Waals surface area (Å²) < 4.78 is 5.12. The largest absolute Gasteiger partial charge is 0.309 e. The van der Waals surface area contributed by atoms with Crippen molar-refractivity contribution in [1.82, 2.24) is 0 Å². The number of benzene rings is 8. The molecule has 0 bridgehead atoms. The van der Waals surface area contributed by atoms with E-state index in [9.17, 15) is 0 Å². The smallest absolute Gasteiger partial charge is 0.0640 e. The summed E-state index contributed by atoms with van der Waals surface area (Å²) in [6.07, 6.45) is 0. The Hall–Kier alpha value is -6.20. The van der Waals surface area contributed by atoms with Crippen molar-refractivity contribution in [3.63, 3.8) is 0 Å². The highest BCUT2D eigenvalue weighted by Gasteiger charge is 2.22. The van der Waals surface area contributed by atoms with Crippen molar-refractivity contribution in [1.29, 1.82) is 0 Å². The van der Waals surface area contributed by atoms with Crippen LogP contribution in [0.15, 0.2) is 194 Å². The third kappa shape index (κ3) is 5.24. The van der Waals surface area contributed by atoms with Crippen LogP contribution in [-0.2, 0) is 0 Å². The molecule has 0 aliphatic heterocycles. The molecule has 0 N–H and O–H groups in total. The van der Waals surface area contributed by atoms with Crippen LogP contribution in [0.2, 0.25) is 0 Å². The molecule has 0 aliphatic rings. The summed E-state index contributed by atoms with van der Waals surface area (Å²) in [5.41, 5.74) is 9.30. The van der Waals surface area contributed by atoms with Gasteiger partial charge in [0.25, 0.3) is 0 Å². The molecule has 0 fully saturated rings. The van der Waals surface area contributed by atoms with E-state index in [4.69, 9.17) is 0 Å². The Labute approximate surface area is 310 Å². The van der Waals surface area contributed by atoms with Crippen molar-refractivity contribution in [2.75, 3.05) is 9.80 Å². The number of fused-ring (bicyclic) bond motifs is 6. The monoisotopic (exact) mass is 700 g/mol. The van der Waals surface area contributed by atoms with E-state index in [1.54, 1.807) is 0 Å². The fourth-order valence-corrected chi connectivity index (χ4v) is 9.89. The molecule has 0 radical (unpaired) electrons. The van der Waals surface area contributed by atoms with Crippen molar-refractivity contribution >= 4 is 97.1 Å². The van der Waals surface area contributed by atoms with Gasteiger partial charge in [0.1, 0.15) is 0 Å². The normalized spacial score (nSPS) is 11.5. The molecule has 246 valence electrons. The lowest BCUT2D eigenvalue weighted by molar-refractivity contribution is 1.30. The number of para-hydroxylation sites is 2. The number of anilines is 6. The Kier molecular flexibility index (Phi) is 7.56. The van der Waals surface area contributed by atoms with E-state index in [0.717, 1.165) is 22.7 Å². The lowest BCUT2D eigenvalue weighted by Crippen LogP contribution is -2.10. The Morgan fingerprint density at radius 3 is 1.38 bits per heavy atom. The topological polar surface area (TPSA) is 6.48 Å². The van der Waals surface area contributed by atoms with Gasteiger partial charge in [-0.3, -0.25) is 0 Å². The predicted octanol–water partition coefficient (Wildman–Crippen LogP) is 15.0. The molecule has 2 heterocycles. The van der Waals surface area contributed by atoms with Crippen LogP contribution in [0.4, 0.5) is 34.1 Å². The van der Waals surface area contributed by atoms with E-state index in [1.807, 2.05) is 22.7 Å². The molecule has 2 nitrogen and oxygen atoms in total. The number of hydrogen-bond donors (Lipinski definition) is 0. The third-order valence-corrected chi connectivity index (χ3v) is 12.2. The number of thiophene rings is 2. The zero-order valence-corrected chi connectivity index (χ0v) is 29.8. The van der Waals surface area contributed by atoms with E-state index in [-0.39, 0.29) is 0 Å². The van der Waals surface area contributed by atoms with Gasteiger partial charge >= 0.3 is 0 Å². The van der Waals surface area contributed by atoms with Gasteiger partial charge in [-0.15, -0.1) is 22.7 Å². The SMILES string of the molecule is c1ccc(-c2ccc(N(c3ccc4c(c3)sc3ccccc34)c3cccc4c3sc3c(N(c5ccccc5)c5ccccc5)cccc34)cc2)cc1. The summed E-state index contributed by atoms with van der Waals surface area (Å²) in [6, 6.07) is 70.2. The summed E-state index contributed by atoms with van der Waals surface area (Å²) in [4.78, 5) is 4.83. The first-order chi connectivity index (χ1) is 25.8. The number of hydrogen-bond acceptors (Lipinski definition) is 4. The van der Waals surface area contributed by atoms with Gasteiger partial charge in [-0.25, -0.2) is 0 Å². The zero-order valence-electron chi connectivity index (χ0n) is 28.2. The Morgan fingerprint density at radius 2 is 0.750 bits per heavy atom. The average Bonchev–Trinajstić information content (AvgIpc) is 3.79. The van der Waals surface area contributed by atoms with Gasteiger partial charge in [-0.05, 0) is 77.9 Å². The molecule has 0 spiro atoms. The van der Waals surface area contributed by atoms with Crippen LogP contribution in [0.5, 0.6) is 0 Å². The lowest BCUT2D eigenvalue weighted by Gasteiger charge is -2.26. The first kappa shape index (κ1) is 30.6. The molecule has 52 heavy (non-hydrogen) atoms. The van der Waals surface area contributed by atoms with Crippen LogP contribution in [0.3, 0.4) is 0 Å². The molecular formula is C48H32N2S2. The second-order valence-electron chi connectivity index (χ2n) is 12.9. The van der Waals surface area contributed by atoms with Gasteiger partial charge in [-0.2, -0.15) is 0 Å². The molecule has 8 aromatic carbocycles. The molecule has 0 saturated heterocycles. The van der Waals surface area contributed by atoms with E-state index in [2.05, 4.69) is 204 Å². The first-order valence-electron chi connectivity index (χ1n) is 17.5. The molecule has 0 amide bonds. The highest BCUT2D eigenvalue weighted by molar-refractivity contribution is 7.27. The maximum Gasteiger partial charge on any atom is 0.0640 e. The highest BCUT2D eigenvalue weighted by Crippen LogP contribution is 2.50. The van der Waals surface area contributed by atoms with E-state index in [0.29, 0.717) is 0 Å². The van der Waals surface area contributed by atoms with Crippen LogP contribution in [0.1, 0.15) is 0 Å². The Bertz CT molecular complexity index is 2800. The highest BCUT2D eigenvalue weighted by atomic mass is 32.1. The molecule has 4 heteroatoms. The molecule has 0 aliphatic carbocycles. The molecule has 0 atom stereocenters. The summed E-state index contributed by atoms with van der Waals surface area (Å²) in [5.74, 6) is 0. The van der Waals surface area contributed by atoms with E-state index >= 15 is 0 Å². The van der Waals surface area contributed by atoms with Crippen LogP contribution in [-0.4, -0.2) is 0 Å². The fraction of sp³-hybridized carbons (Fsp3) is 0. The molecular weight excluding hydrogens is 669 g/mol. The summed E-state index contributed by atoms with van der Waals surface area (Å²) in [6.45, 7) is 0. The number of nitrogens with zero attached hydrogens (tertiary/aromatic N) is 2.